The van der Waals surface area contributed by atoms with Crippen molar-refractivity contribution in [3.8, 4) is 17.1 Å². The predicted molar refractivity (Wildman–Crippen MR) is 165 cm³/mol. The number of aryl methyl sites for hydroxylation is 2. The zero-order valence-electron chi connectivity index (χ0n) is 25.9. The topological polar surface area (TPSA) is 78.4 Å². The molecular weight excluding hydrogens is 569 g/mol. The molecule has 3 aromatic rings. The van der Waals surface area contributed by atoms with E-state index < -0.39 is 24.2 Å². The van der Waals surface area contributed by atoms with Crippen molar-refractivity contribution in [2.24, 2.45) is 0 Å². The number of unbranched alkanes of at least 4 members (excludes halogenated alkanes) is 8. The number of carbonyl (C=O) groups is 2. The smallest absolute Gasteiger partial charge is 0.425 e. The van der Waals surface area contributed by atoms with Crippen LogP contribution in [0.15, 0.2) is 54.9 Å². The average Bonchev–Trinajstić information content (AvgIpc) is 3.00. The van der Waals surface area contributed by atoms with E-state index in [1.807, 2.05) is 12.4 Å². The first-order chi connectivity index (χ1) is 21.1. The van der Waals surface area contributed by atoms with Gasteiger partial charge in [0.1, 0.15) is 5.75 Å². The summed E-state index contributed by atoms with van der Waals surface area (Å²) in [5.74, 6) is -0.966. The molecule has 9 heteroatoms. The largest absolute Gasteiger partial charge is 0.449 e. The number of carbonyl (C=O) groups excluding carboxylic acids is 2. The number of hydrogen-bond donors (Lipinski definition) is 0. The molecule has 0 radical (unpaired) electrons. The Bertz CT molecular complexity index is 1330. The maximum Gasteiger partial charge on any atom is 0.425 e. The number of hydrogen-bond acceptors (Lipinski definition) is 6. The summed E-state index contributed by atoms with van der Waals surface area (Å²) in [5.41, 5.74) is 2.46. The van der Waals surface area contributed by atoms with Gasteiger partial charge in [-0.15, -0.1) is 0 Å². The van der Waals surface area contributed by atoms with Crippen LogP contribution in [0, 0.1) is 6.92 Å². The molecule has 3 rings (SSSR count). The molecule has 0 N–H and O–H groups in total. The maximum absolute atomic E-state index is 13.6. The number of halogens is 3. The van der Waals surface area contributed by atoms with Crippen LogP contribution in [0.1, 0.15) is 116 Å². The molecule has 1 aromatic heterocycles. The minimum Gasteiger partial charge on any atom is -0.449 e. The SMILES string of the molecule is CCCCCCCC[C@@H](OC(=O)c1ccc(OC(=O)c2ccc(-c3ncc(CCCCCC)cn3)cc2)cc1C)C(F)(F)F. The lowest BCUT2D eigenvalue weighted by atomic mass is 10.1. The quantitative estimate of drug-likeness (QED) is 0.0858. The fraction of sp³-hybridized carbons (Fsp3) is 0.486. The summed E-state index contributed by atoms with van der Waals surface area (Å²) in [6.07, 6.45) is 7.16. The van der Waals surface area contributed by atoms with Crippen LogP contribution in [0.2, 0.25) is 0 Å². The van der Waals surface area contributed by atoms with Gasteiger partial charge in [0.25, 0.3) is 0 Å². The first-order valence-corrected chi connectivity index (χ1v) is 15.6. The van der Waals surface area contributed by atoms with Crippen LogP contribution in [0.25, 0.3) is 11.4 Å². The van der Waals surface area contributed by atoms with Crippen molar-refractivity contribution < 1.29 is 32.2 Å². The molecule has 0 saturated heterocycles. The molecule has 0 fully saturated rings. The van der Waals surface area contributed by atoms with Crippen LogP contribution in [0.4, 0.5) is 13.2 Å². The van der Waals surface area contributed by atoms with Crippen LogP contribution < -0.4 is 4.74 Å². The minimum absolute atomic E-state index is 0.0154. The van der Waals surface area contributed by atoms with Crippen LogP contribution in [-0.4, -0.2) is 34.2 Å². The molecule has 238 valence electrons. The summed E-state index contributed by atoms with van der Waals surface area (Å²) in [7, 11) is 0. The third kappa shape index (κ3) is 11.1. The van der Waals surface area contributed by atoms with Crippen LogP contribution >= 0.6 is 0 Å². The van der Waals surface area contributed by atoms with Gasteiger partial charge in [0.2, 0.25) is 0 Å². The van der Waals surface area contributed by atoms with Gasteiger partial charge in [0.05, 0.1) is 11.1 Å². The standard InChI is InChI=1S/C35H43F3N2O4/c1-4-6-8-10-11-13-15-31(35(36,37)38)44-34(42)30-21-20-29(22-25(30)3)43-33(41)28-18-16-27(17-19-28)32-39-23-26(24-40-32)14-12-9-7-5-2/h16-24,31H,4-15H2,1-3H3/t31-/m1/s1. The molecular formula is C35H43F3N2O4. The van der Waals surface area contributed by atoms with Gasteiger partial charge in [-0.1, -0.05) is 77.3 Å². The van der Waals surface area contributed by atoms with E-state index in [-0.39, 0.29) is 17.7 Å². The third-order valence-electron chi connectivity index (χ3n) is 7.47. The molecule has 0 saturated carbocycles. The Labute approximate surface area is 258 Å². The molecule has 44 heavy (non-hydrogen) atoms. The summed E-state index contributed by atoms with van der Waals surface area (Å²) in [6.45, 7) is 5.80. The highest BCUT2D eigenvalue weighted by Crippen LogP contribution is 2.29. The number of benzene rings is 2. The molecule has 6 nitrogen and oxygen atoms in total. The van der Waals surface area contributed by atoms with Gasteiger partial charge in [0.15, 0.2) is 11.9 Å². The zero-order valence-corrected chi connectivity index (χ0v) is 25.9. The minimum atomic E-state index is -4.65. The molecule has 2 aromatic carbocycles. The summed E-state index contributed by atoms with van der Waals surface area (Å²) in [4.78, 5) is 34.3. The monoisotopic (exact) mass is 612 g/mol. The second-order valence-corrected chi connectivity index (χ2v) is 11.2. The first kappa shape index (κ1) is 34.7. The summed E-state index contributed by atoms with van der Waals surface area (Å²) >= 11 is 0. The highest BCUT2D eigenvalue weighted by Gasteiger charge is 2.42. The number of esters is 2. The average molecular weight is 613 g/mol. The van der Waals surface area contributed by atoms with Gasteiger partial charge in [0, 0.05) is 18.0 Å². The molecule has 0 bridgehead atoms. The lowest BCUT2D eigenvalue weighted by Crippen LogP contribution is -2.34. The Kier molecular flexibility index (Phi) is 13.8. The first-order valence-electron chi connectivity index (χ1n) is 15.6. The van der Waals surface area contributed by atoms with Gasteiger partial charge in [-0.2, -0.15) is 13.2 Å². The van der Waals surface area contributed by atoms with E-state index in [1.54, 1.807) is 31.2 Å². The second-order valence-electron chi connectivity index (χ2n) is 11.2. The molecule has 0 aliphatic carbocycles. The van der Waals surface area contributed by atoms with Gasteiger partial charge < -0.3 is 9.47 Å². The van der Waals surface area contributed by atoms with E-state index >= 15 is 0 Å². The van der Waals surface area contributed by atoms with Gasteiger partial charge in [-0.3, -0.25) is 0 Å². The number of ether oxygens (including phenoxy) is 2. The van der Waals surface area contributed by atoms with Gasteiger partial charge in [-0.05, 0) is 74.1 Å². The molecule has 1 atom stereocenters. The van der Waals surface area contributed by atoms with E-state index in [0.717, 1.165) is 49.7 Å². The highest BCUT2D eigenvalue weighted by molar-refractivity contribution is 5.93. The molecule has 0 unspecified atom stereocenters. The Hall–Kier alpha value is -3.75. The lowest BCUT2D eigenvalue weighted by Gasteiger charge is -2.21. The maximum atomic E-state index is 13.6. The van der Waals surface area contributed by atoms with Crippen LogP contribution in [0.3, 0.4) is 0 Å². The van der Waals surface area contributed by atoms with Crippen LogP contribution in [0.5, 0.6) is 5.75 Å². The highest BCUT2D eigenvalue weighted by atomic mass is 19.4. The molecule has 0 spiro atoms. The van der Waals surface area contributed by atoms with Crippen molar-refractivity contribution in [3.05, 3.63) is 77.1 Å². The van der Waals surface area contributed by atoms with E-state index in [4.69, 9.17) is 9.47 Å². The van der Waals surface area contributed by atoms with Gasteiger partial charge in [-0.25, -0.2) is 19.6 Å². The fourth-order valence-corrected chi connectivity index (χ4v) is 4.83. The van der Waals surface area contributed by atoms with Crippen molar-refractivity contribution in [1.82, 2.24) is 9.97 Å². The van der Waals surface area contributed by atoms with Crippen molar-refractivity contribution >= 4 is 11.9 Å². The molecule has 0 amide bonds. The van der Waals surface area contributed by atoms with Crippen LogP contribution in [-0.2, 0) is 11.2 Å². The number of rotatable bonds is 17. The zero-order chi connectivity index (χ0) is 32.0. The van der Waals surface area contributed by atoms with Crippen molar-refractivity contribution in [1.29, 1.82) is 0 Å². The van der Waals surface area contributed by atoms with E-state index in [9.17, 15) is 22.8 Å². The normalized spacial score (nSPS) is 12.1. The Balaban J connectivity index is 1.56. The summed E-state index contributed by atoms with van der Waals surface area (Å²) in [6, 6.07) is 10.8. The fourth-order valence-electron chi connectivity index (χ4n) is 4.83. The van der Waals surface area contributed by atoms with Crippen molar-refractivity contribution in [3.63, 3.8) is 0 Å². The Morgan fingerprint density at radius 1 is 0.795 bits per heavy atom. The Morgan fingerprint density at radius 3 is 2.02 bits per heavy atom. The summed E-state index contributed by atoms with van der Waals surface area (Å²) in [5, 5.41) is 0. The third-order valence-corrected chi connectivity index (χ3v) is 7.47. The van der Waals surface area contributed by atoms with E-state index in [2.05, 4.69) is 23.8 Å². The van der Waals surface area contributed by atoms with Crippen molar-refractivity contribution in [2.75, 3.05) is 0 Å². The Morgan fingerprint density at radius 2 is 1.41 bits per heavy atom. The predicted octanol–water partition coefficient (Wildman–Crippen LogP) is 9.63. The molecule has 0 aliphatic rings. The second kappa shape index (κ2) is 17.5. The van der Waals surface area contributed by atoms with E-state index in [1.165, 1.54) is 37.5 Å². The number of alkyl halides is 3. The lowest BCUT2D eigenvalue weighted by molar-refractivity contribution is -0.206. The summed E-state index contributed by atoms with van der Waals surface area (Å²) < 4.78 is 51.0. The van der Waals surface area contributed by atoms with Gasteiger partial charge >= 0.3 is 18.1 Å². The molecule has 0 aliphatic heterocycles. The molecule has 1 heterocycles. The number of nitrogens with zero attached hydrogens (tertiary/aromatic N) is 2. The van der Waals surface area contributed by atoms with E-state index in [0.29, 0.717) is 29.8 Å². The number of aromatic nitrogens is 2. The van der Waals surface area contributed by atoms with Crippen molar-refractivity contribution in [2.45, 2.75) is 110 Å².